The molecule has 1 aliphatic heterocycles. The number of pyridine rings is 1. The van der Waals surface area contributed by atoms with Crippen LogP contribution < -0.4 is 14.8 Å². The van der Waals surface area contributed by atoms with Crippen LogP contribution in [0, 0.1) is 29.2 Å². The van der Waals surface area contributed by atoms with Crippen LogP contribution in [0.2, 0.25) is 0 Å². The number of benzene rings is 1. The van der Waals surface area contributed by atoms with E-state index < -0.39 is 46.4 Å². The van der Waals surface area contributed by atoms with Crippen LogP contribution in [0.5, 0.6) is 11.5 Å². The average molecular weight is 788 g/mol. The van der Waals surface area contributed by atoms with Crippen molar-refractivity contribution in [3.05, 3.63) is 53.7 Å². The highest BCUT2D eigenvalue weighted by molar-refractivity contribution is 7.14. The van der Waals surface area contributed by atoms with Crippen LogP contribution in [0.15, 0.2) is 42.3 Å². The number of aromatic nitrogens is 2. The first-order valence-corrected chi connectivity index (χ1v) is 19.7. The summed E-state index contributed by atoms with van der Waals surface area (Å²) in [7, 11) is 1.30. The zero-order valence-electron chi connectivity index (χ0n) is 33.8. The number of Topliss-reactive ketones (excluding diaryl/α,β-unsaturated/α-hetero) is 1. The van der Waals surface area contributed by atoms with E-state index >= 15 is 0 Å². The molecule has 5 rings (SSSR count). The summed E-state index contributed by atoms with van der Waals surface area (Å²) in [4.78, 5) is 69.7. The predicted octanol–water partition coefficient (Wildman–Crippen LogP) is 7.50. The maximum atomic E-state index is 14.7. The third-order valence-corrected chi connectivity index (χ3v) is 10.8. The Morgan fingerprint density at radius 2 is 1.86 bits per heavy atom. The summed E-state index contributed by atoms with van der Waals surface area (Å²) < 4.78 is 23.1. The molecule has 2 fully saturated rings. The molecule has 1 amide bonds. The van der Waals surface area contributed by atoms with Gasteiger partial charge >= 0.3 is 18.7 Å². The van der Waals surface area contributed by atoms with Crippen LogP contribution >= 0.6 is 11.3 Å². The molecule has 1 saturated carbocycles. The molecule has 0 spiro atoms. The first-order chi connectivity index (χ1) is 26.3. The summed E-state index contributed by atoms with van der Waals surface area (Å²) in [6.07, 6.45) is 1.29. The summed E-state index contributed by atoms with van der Waals surface area (Å²) in [5.74, 6) is -1.78. The Hall–Kier alpha value is -5.03. The second-order valence-electron chi connectivity index (χ2n) is 17.0. The Balaban J connectivity index is 1.53. The molecule has 0 bridgehead atoms. The molecule has 1 aromatic carbocycles. The number of carbonyl (C=O) groups excluding carboxylic acids is 4. The van der Waals surface area contributed by atoms with E-state index in [0.29, 0.717) is 40.2 Å². The van der Waals surface area contributed by atoms with E-state index in [0.717, 1.165) is 5.13 Å². The highest BCUT2D eigenvalue weighted by Gasteiger charge is 2.61. The highest BCUT2D eigenvalue weighted by Crippen LogP contribution is 2.57. The van der Waals surface area contributed by atoms with E-state index in [9.17, 15) is 19.2 Å². The number of rotatable bonds is 15. The SMILES string of the molecule is [C-]#[N+]COc1ccc2c(O[C@@H]3C[C@@H](C(=O)C[C@]4(C(=O)OC)C[C@H]4C=C)N(C(=O)[C@@H](CC(=O)OC(C)(C)C)C(C)(C)C)C3)cc(-c3csc(NC(C)C)n3)nc2c1. The van der Waals surface area contributed by atoms with Crippen molar-refractivity contribution >= 4 is 51.0 Å². The van der Waals surface area contributed by atoms with E-state index in [-0.39, 0.29) is 56.2 Å². The van der Waals surface area contributed by atoms with Gasteiger partial charge in [-0.3, -0.25) is 24.0 Å². The second kappa shape index (κ2) is 16.6. The number of nitrogens with zero attached hydrogens (tertiary/aromatic N) is 4. The maximum Gasteiger partial charge on any atom is 0.357 e. The van der Waals surface area contributed by atoms with Gasteiger partial charge in [-0.25, -0.2) is 16.5 Å². The zero-order valence-corrected chi connectivity index (χ0v) is 34.6. The minimum absolute atomic E-state index is 0.0523. The Bertz CT molecular complexity index is 2020. The number of anilines is 1. The number of fused-ring (bicyclic) bond motifs is 1. The number of likely N-dealkylation sites (tertiary alicyclic amines) is 1. The third-order valence-electron chi connectivity index (χ3n) is 10.1. The van der Waals surface area contributed by atoms with E-state index in [1.807, 2.05) is 40.0 Å². The number of nitrogens with one attached hydrogen (secondary N) is 1. The van der Waals surface area contributed by atoms with Gasteiger partial charge in [0.25, 0.3) is 0 Å². The van der Waals surface area contributed by atoms with Gasteiger partial charge in [0.15, 0.2) is 10.9 Å². The van der Waals surface area contributed by atoms with Gasteiger partial charge < -0.3 is 29.2 Å². The summed E-state index contributed by atoms with van der Waals surface area (Å²) in [5.41, 5.74) is -0.754. The summed E-state index contributed by atoms with van der Waals surface area (Å²) in [6, 6.07) is 6.30. The van der Waals surface area contributed by atoms with Crippen LogP contribution in [-0.4, -0.2) is 82.7 Å². The first-order valence-electron chi connectivity index (χ1n) is 18.8. The molecule has 1 saturated heterocycles. The van der Waals surface area contributed by atoms with Gasteiger partial charge in [-0.1, -0.05) is 26.8 Å². The minimum Gasteiger partial charge on any atom is -0.488 e. The van der Waals surface area contributed by atoms with Gasteiger partial charge in [0.1, 0.15) is 28.9 Å². The molecule has 5 atom stereocenters. The van der Waals surface area contributed by atoms with Crippen LogP contribution in [0.4, 0.5) is 5.13 Å². The smallest absolute Gasteiger partial charge is 0.357 e. The number of ketones is 1. The monoisotopic (exact) mass is 787 g/mol. The standard InChI is InChI=1S/C42H53N5O8S/c1-12-25-19-42(25,38(51)52-11)20-34(48)33-16-27(21-47(33)37(50)29(40(4,5)6)17-36(49)55-41(7,8)9)54-35-18-31(32-22-56-39(46-32)44-24(2)3)45-30-15-26(53-23-43-10)13-14-28(30)35/h12-15,18,22,24-25,27,29,33H,1,16-17,19-21,23H2,2-9,11H3,(H,44,46)/t25-,27-,29-,33+,42-/m1/s1. The van der Waals surface area contributed by atoms with Gasteiger partial charge in [-0.2, -0.15) is 0 Å². The quantitative estimate of drug-likeness (QED) is 0.0927. The number of allylic oxidation sites excluding steroid dienone is 1. The van der Waals surface area contributed by atoms with Crippen molar-refractivity contribution in [1.82, 2.24) is 14.9 Å². The molecule has 1 aliphatic carbocycles. The normalized spacial score (nSPS) is 21.2. The van der Waals surface area contributed by atoms with Gasteiger partial charge in [0.2, 0.25) is 5.91 Å². The molecule has 56 heavy (non-hydrogen) atoms. The van der Waals surface area contributed by atoms with E-state index in [1.165, 1.54) is 23.3 Å². The third kappa shape index (κ3) is 9.67. The van der Waals surface area contributed by atoms with Crippen LogP contribution in [0.3, 0.4) is 0 Å². The molecule has 2 aromatic heterocycles. The lowest BCUT2D eigenvalue weighted by Crippen LogP contribution is -2.48. The Labute approximate surface area is 333 Å². The van der Waals surface area contributed by atoms with Crippen molar-refractivity contribution in [1.29, 1.82) is 0 Å². The summed E-state index contributed by atoms with van der Waals surface area (Å²) >= 11 is 1.45. The topological polar surface area (TPSA) is 151 Å². The van der Waals surface area contributed by atoms with Gasteiger partial charge in [-0.05, 0) is 64.5 Å². The van der Waals surface area contributed by atoms with Crippen molar-refractivity contribution in [2.45, 2.75) is 105 Å². The van der Waals surface area contributed by atoms with E-state index in [1.54, 1.807) is 51.1 Å². The fourth-order valence-corrected chi connectivity index (χ4v) is 8.07. The molecule has 0 radical (unpaired) electrons. The predicted molar refractivity (Wildman–Crippen MR) is 214 cm³/mol. The number of hydrogen-bond acceptors (Lipinski definition) is 12. The molecule has 2 aliphatic rings. The van der Waals surface area contributed by atoms with Crippen molar-refractivity contribution in [2.75, 3.05) is 25.7 Å². The minimum atomic E-state index is -1.04. The second-order valence-corrected chi connectivity index (χ2v) is 17.8. The molecular formula is C42H53N5O8S. The Morgan fingerprint density at radius 3 is 2.46 bits per heavy atom. The molecule has 1 N–H and O–H groups in total. The van der Waals surface area contributed by atoms with Crippen LogP contribution in [0.1, 0.15) is 81.1 Å². The van der Waals surface area contributed by atoms with E-state index in [4.69, 9.17) is 35.5 Å². The number of hydrogen-bond donors (Lipinski definition) is 1. The molecule has 0 unspecified atom stereocenters. The van der Waals surface area contributed by atoms with Crippen molar-refractivity contribution in [3.8, 4) is 22.9 Å². The molecule has 14 heteroatoms. The number of thiazole rings is 1. The Morgan fingerprint density at radius 1 is 1.12 bits per heavy atom. The lowest BCUT2D eigenvalue weighted by molar-refractivity contribution is -0.161. The molecule has 300 valence electrons. The largest absolute Gasteiger partial charge is 0.488 e. The fraction of sp³-hybridized carbons (Fsp3) is 0.548. The lowest BCUT2D eigenvalue weighted by Gasteiger charge is -2.35. The first kappa shape index (κ1) is 42.1. The molecule has 3 aromatic rings. The number of carbonyl (C=O) groups is 4. The zero-order chi connectivity index (χ0) is 41.2. The Kier molecular flexibility index (Phi) is 12.5. The summed E-state index contributed by atoms with van der Waals surface area (Å²) in [5, 5.41) is 6.60. The number of methoxy groups -OCH3 is 1. The van der Waals surface area contributed by atoms with E-state index in [2.05, 4.69) is 16.7 Å². The summed E-state index contributed by atoms with van der Waals surface area (Å²) in [6.45, 7) is 25.9. The maximum absolute atomic E-state index is 14.7. The van der Waals surface area contributed by atoms with Crippen LogP contribution in [-0.2, 0) is 28.7 Å². The fourth-order valence-electron chi connectivity index (χ4n) is 7.22. The molecule has 3 heterocycles. The number of esters is 2. The highest BCUT2D eigenvalue weighted by atomic mass is 32.1. The number of ether oxygens (including phenoxy) is 4. The lowest BCUT2D eigenvalue weighted by atomic mass is 9.77. The molecule has 13 nitrogen and oxygen atoms in total. The van der Waals surface area contributed by atoms with Gasteiger partial charge in [-0.15, -0.1) is 17.9 Å². The van der Waals surface area contributed by atoms with Gasteiger partial charge in [0, 0.05) is 41.8 Å². The molecular weight excluding hydrogens is 735 g/mol. The van der Waals surface area contributed by atoms with Gasteiger partial charge in [0.05, 0.1) is 48.7 Å². The average Bonchev–Trinajstić information content (AvgIpc) is 3.39. The van der Waals surface area contributed by atoms with Crippen LogP contribution in [0.25, 0.3) is 27.1 Å². The van der Waals surface area contributed by atoms with Crippen molar-refractivity contribution in [3.63, 3.8) is 0 Å². The number of amides is 1. The van der Waals surface area contributed by atoms with Crippen molar-refractivity contribution < 1.29 is 38.1 Å². The van der Waals surface area contributed by atoms with Crippen molar-refractivity contribution in [2.24, 2.45) is 22.7 Å².